The molecule has 0 saturated heterocycles. The molecule has 6 bridgehead atoms. The molecule has 0 heterocycles. The Morgan fingerprint density at radius 3 is 2.17 bits per heavy atom. The molecule has 2 N–H and O–H groups in total. The minimum atomic E-state index is 0. The molecule has 0 spiro atoms. The highest BCUT2D eigenvalue weighted by atomic mass is 35.5. The third-order valence-electron chi connectivity index (χ3n) is 5.24. The lowest BCUT2D eigenvalue weighted by Gasteiger charge is -2.18. The maximum absolute atomic E-state index is 5.78. The lowest BCUT2D eigenvalue weighted by Crippen LogP contribution is -2.22. The average molecular weight is 186 g/mol. The van der Waals surface area contributed by atoms with Crippen LogP contribution in [0.4, 0.5) is 0 Å². The summed E-state index contributed by atoms with van der Waals surface area (Å²) in [5.41, 5.74) is 5.78. The van der Waals surface area contributed by atoms with Crippen LogP contribution in [0.3, 0.4) is 0 Å². The number of halogens is 1. The van der Waals surface area contributed by atoms with E-state index in [0.29, 0.717) is 0 Å². The first-order chi connectivity index (χ1) is 5.42. The normalized spacial score (nSPS) is 68.2. The van der Waals surface area contributed by atoms with Gasteiger partial charge in [0, 0.05) is 0 Å². The van der Waals surface area contributed by atoms with Gasteiger partial charge in [0.25, 0.3) is 0 Å². The Hall–Kier alpha value is 0.250. The van der Waals surface area contributed by atoms with E-state index in [0.717, 1.165) is 30.2 Å². The van der Waals surface area contributed by atoms with Crippen molar-refractivity contribution < 1.29 is 0 Å². The summed E-state index contributed by atoms with van der Waals surface area (Å²) in [5.74, 6) is 7.97. The summed E-state index contributed by atoms with van der Waals surface area (Å²) in [5, 5.41) is 0. The first-order valence-electron chi connectivity index (χ1n) is 5.12. The van der Waals surface area contributed by atoms with Gasteiger partial charge in [-0.2, -0.15) is 0 Å². The summed E-state index contributed by atoms with van der Waals surface area (Å²) in [6.45, 7) is 0.980. The zero-order chi connectivity index (χ0) is 7.16. The van der Waals surface area contributed by atoms with Crippen LogP contribution in [0.2, 0.25) is 0 Å². The Morgan fingerprint density at radius 1 is 0.917 bits per heavy atom. The third-order valence-corrected chi connectivity index (χ3v) is 5.24. The second-order valence-corrected chi connectivity index (χ2v) is 5.19. The molecule has 5 saturated carbocycles. The van der Waals surface area contributed by atoms with Crippen molar-refractivity contribution in [1.82, 2.24) is 0 Å². The van der Waals surface area contributed by atoms with Crippen molar-refractivity contribution in [1.29, 1.82) is 0 Å². The molecule has 5 fully saturated rings. The molecule has 0 aliphatic heterocycles. The molecule has 0 aromatic rings. The van der Waals surface area contributed by atoms with Crippen LogP contribution in [-0.4, -0.2) is 6.54 Å². The summed E-state index contributed by atoms with van der Waals surface area (Å²) < 4.78 is 0. The summed E-state index contributed by atoms with van der Waals surface area (Å²) in [7, 11) is 0. The number of rotatable bonds is 1. The number of nitrogens with two attached hydrogens (primary N) is 1. The van der Waals surface area contributed by atoms with Crippen LogP contribution in [-0.2, 0) is 0 Å². The smallest absolute Gasteiger partial charge is 0.00459 e. The van der Waals surface area contributed by atoms with E-state index in [2.05, 4.69) is 0 Å². The van der Waals surface area contributed by atoms with Gasteiger partial charge in [0.05, 0.1) is 0 Å². The Balaban J connectivity index is 0.000000490. The fourth-order valence-corrected chi connectivity index (χ4v) is 5.15. The van der Waals surface area contributed by atoms with Crippen LogP contribution in [0.1, 0.15) is 12.8 Å². The van der Waals surface area contributed by atoms with Gasteiger partial charge < -0.3 is 5.73 Å². The molecule has 1 nitrogen and oxygen atoms in total. The molecule has 7 unspecified atom stereocenters. The van der Waals surface area contributed by atoms with Crippen LogP contribution in [0.5, 0.6) is 0 Å². The molecular formula is C10H16ClN. The Morgan fingerprint density at radius 2 is 1.67 bits per heavy atom. The minimum Gasteiger partial charge on any atom is -0.330 e. The van der Waals surface area contributed by atoms with Crippen molar-refractivity contribution in [2.24, 2.45) is 47.2 Å². The van der Waals surface area contributed by atoms with Crippen molar-refractivity contribution in [3.8, 4) is 0 Å². The zero-order valence-electron chi connectivity index (χ0n) is 7.15. The van der Waals surface area contributed by atoms with Crippen LogP contribution in [0.15, 0.2) is 0 Å². The highest BCUT2D eigenvalue weighted by molar-refractivity contribution is 5.85. The predicted octanol–water partition coefficient (Wildman–Crippen LogP) is 1.51. The molecule has 68 valence electrons. The molecule has 5 aliphatic carbocycles. The van der Waals surface area contributed by atoms with Gasteiger partial charge in [-0.1, -0.05) is 0 Å². The lowest BCUT2D eigenvalue weighted by molar-refractivity contribution is 0.317. The van der Waals surface area contributed by atoms with E-state index in [4.69, 9.17) is 5.73 Å². The molecule has 12 heavy (non-hydrogen) atoms. The largest absolute Gasteiger partial charge is 0.330 e. The zero-order valence-corrected chi connectivity index (χ0v) is 7.96. The average Bonchev–Trinajstić information content (AvgIpc) is 2.41. The fraction of sp³-hybridized carbons (Fsp3) is 1.00. The van der Waals surface area contributed by atoms with E-state index in [1.807, 2.05) is 0 Å². The highest BCUT2D eigenvalue weighted by Gasteiger charge is 2.77. The molecule has 7 atom stereocenters. The quantitative estimate of drug-likeness (QED) is 0.659. The number of hydrogen-bond acceptors (Lipinski definition) is 1. The van der Waals surface area contributed by atoms with Crippen molar-refractivity contribution in [2.75, 3.05) is 6.54 Å². The van der Waals surface area contributed by atoms with Crippen molar-refractivity contribution >= 4 is 12.4 Å². The topological polar surface area (TPSA) is 26.0 Å². The fourth-order valence-electron chi connectivity index (χ4n) is 5.15. The Kier molecular flexibility index (Phi) is 1.28. The molecule has 0 aromatic carbocycles. The summed E-state index contributed by atoms with van der Waals surface area (Å²) in [6, 6.07) is 0. The first kappa shape index (κ1) is 7.64. The van der Waals surface area contributed by atoms with Crippen LogP contribution >= 0.6 is 12.4 Å². The van der Waals surface area contributed by atoms with Gasteiger partial charge in [0.2, 0.25) is 0 Å². The van der Waals surface area contributed by atoms with Crippen molar-refractivity contribution in [3.05, 3.63) is 0 Å². The predicted molar refractivity (Wildman–Crippen MR) is 50.0 cm³/mol. The van der Waals surface area contributed by atoms with E-state index < -0.39 is 0 Å². The van der Waals surface area contributed by atoms with Gasteiger partial charge >= 0.3 is 0 Å². The second kappa shape index (κ2) is 2.01. The highest BCUT2D eigenvalue weighted by Crippen LogP contribution is 2.81. The van der Waals surface area contributed by atoms with Crippen molar-refractivity contribution in [2.45, 2.75) is 12.8 Å². The second-order valence-electron chi connectivity index (χ2n) is 5.19. The van der Waals surface area contributed by atoms with Crippen LogP contribution in [0.25, 0.3) is 0 Å². The summed E-state index contributed by atoms with van der Waals surface area (Å²) in [4.78, 5) is 0. The van der Waals surface area contributed by atoms with E-state index in [9.17, 15) is 0 Å². The minimum absolute atomic E-state index is 0. The molecule has 5 rings (SSSR count). The van der Waals surface area contributed by atoms with Crippen LogP contribution < -0.4 is 5.73 Å². The van der Waals surface area contributed by atoms with Gasteiger partial charge in [-0.05, 0) is 60.8 Å². The third kappa shape index (κ3) is 0.541. The van der Waals surface area contributed by atoms with E-state index in [1.165, 1.54) is 24.2 Å². The lowest BCUT2D eigenvalue weighted by atomic mass is 9.88. The molecular weight excluding hydrogens is 170 g/mol. The standard InChI is InChI=1S/C10H15N.ClH/c11-3-4-1-5-6-2-7-9(5)10(7)8(4)6;/h4-10H,1-3,11H2;1H. The van der Waals surface area contributed by atoms with Gasteiger partial charge in [-0.15, -0.1) is 12.4 Å². The molecule has 5 aliphatic rings. The van der Waals surface area contributed by atoms with Gasteiger partial charge in [-0.25, -0.2) is 0 Å². The monoisotopic (exact) mass is 185 g/mol. The first-order valence-corrected chi connectivity index (χ1v) is 5.12. The van der Waals surface area contributed by atoms with Gasteiger partial charge in [-0.3, -0.25) is 0 Å². The molecule has 0 radical (unpaired) electrons. The Bertz CT molecular complexity index is 230. The molecule has 2 heteroatoms. The van der Waals surface area contributed by atoms with Crippen molar-refractivity contribution in [3.63, 3.8) is 0 Å². The van der Waals surface area contributed by atoms with Crippen LogP contribution in [0, 0.1) is 41.4 Å². The maximum Gasteiger partial charge on any atom is -0.00459 e. The number of hydrogen-bond donors (Lipinski definition) is 1. The SMILES string of the molecule is Cl.NCC1CC2C3CC4C2C4C13. The van der Waals surface area contributed by atoms with Gasteiger partial charge in [0.15, 0.2) is 0 Å². The summed E-state index contributed by atoms with van der Waals surface area (Å²) in [6.07, 6.45) is 3.10. The summed E-state index contributed by atoms with van der Waals surface area (Å²) >= 11 is 0. The molecule has 0 amide bonds. The van der Waals surface area contributed by atoms with Gasteiger partial charge in [0.1, 0.15) is 0 Å². The van der Waals surface area contributed by atoms with E-state index >= 15 is 0 Å². The van der Waals surface area contributed by atoms with E-state index in [-0.39, 0.29) is 12.4 Å². The molecule has 0 aromatic heterocycles. The van der Waals surface area contributed by atoms with E-state index in [1.54, 1.807) is 6.42 Å². The maximum atomic E-state index is 5.78. The Labute approximate surface area is 79.5 Å².